The van der Waals surface area contributed by atoms with Crippen LogP contribution >= 0.6 is 0 Å². The lowest BCUT2D eigenvalue weighted by molar-refractivity contribution is -0.193. The molecule has 5 rings (SSSR count). The number of anilines is 1. The molecule has 2 aliphatic rings. The summed E-state index contributed by atoms with van der Waals surface area (Å²) in [6.07, 6.45) is -1.74. The van der Waals surface area contributed by atoms with Crippen molar-refractivity contribution in [2.45, 2.75) is 37.8 Å². The van der Waals surface area contributed by atoms with E-state index in [1.54, 1.807) is 6.26 Å². The summed E-state index contributed by atoms with van der Waals surface area (Å²) in [6.45, 7) is 6.35. The quantitative estimate of drug-likeness (QED) is 0.428. The normalized spacial score (nSPS) is 18.4. The number of hydrogen-bond acceptors (Lipinski definition) is 7. The van der Waals surface area contributed by atoms with Gasteiger partial charge in [0.05, 0.1) is 24.3 Å². The third-order valence-electron chi connectivity index (χ3n) is 6.46. The SMILES string of the molecule is CN1CCN(Cc2ccoc2)CC1c1cn2c(N3CCCC3)cccc2n1.O=C(O)C(F)(F)F.O=C(O)C(F)(F)F. The Morgan fingerprint density at radius 1 is 0.976 bits per heavy atom. The zero-order valence-corrected chi connectivity index (χ0v) is 21.9. The number of carboxylic acid groups (broad SMARTS) is 2. The van der Waals surface area contributed by atoms with Crippen LogP contribution < -0.4 is 4.90 Å². The summed E-state index contributed by atoms with van der Waals surface area (Å²) in [5, 5.41) is 14.2. The molecule has 3 aromatic rings. The Bertz CT molecular complexity index is 1260. The van der Waals surface area contributed by atoms with Gasteiger partial charge in [0, 0.05) is 51.0 Å². The second kappa shape index (κ2) is 13.2. The topological polar surface area (TPSA) is 115 Å². The number of rotatable bonds is 4. The van der Waals surface area contributed by atoms with E-state index in [1.165, 1.54) is 29.9 Å². The Hall–Kier alpha value is -3.79. The Balaban J connectivity index is 0.000000276. The van der Waals surface area contributed by atoms with Crippen molar-refractivity contribution in [3.63, 3.8) is 0 Å². The van der Waals surface area contributed by atoms with Gasteiger partial charge in [0.15, 0.2) is 0 Å². The number of carboxylic acids is 2. The molecule has 10 nitrogen and oxygen atoms in total. The van der Waals surface area contributed by atoms with E-state index in [0.29, 0.717) is 6.04 Å². The van der Waals surface area contributed by atoms with Gasteiger partial charge in [0.2, 0.25) is 0 Å². The fourth-order valence-electron chi connectivity index (χ4n) is 4.41. The van der Waals surface area contributed by atoms with E-state index in [2.05, 4.69) is 56.6 Å². The molecule has 2 fully saturated rings. The smallest absolute Gasteiger partial charge is 0.475 e. The molecule has 0 spiro atoms. The van der Waals surface area contributed by atoms with Crippen LogP contribution in [-0.4, -0.2) is 93.5 Å². The first kappa shape index (κ1) is 31.7. The molecule has 2 N–H and O–H groups in total. The third kappa shape index (κ3) is 8.85. The maximum atomic E-state index is 10.6. The number of pyridine rings is 1. The summed E-state index contributed by atoms with van der Waals surface area (Å²) in [7, 11) is 2.21. The van der Waals surface area contributed by atoms with Crippen LogP contribution in [0.5, 0.6) is 0 Å². The van der Waals surface area contributed by atoms with E-state index >= 15 is 0 Å². The predicted molar refractivity (Wildman–Crippen MR) is 133 cm³/mol. The van der Waals surface area contributed by atoms with Crippen LogP contribution in [-0.2, 0) is 16.1 Å². The lowest BCUT2D eigenvalue weighted by Crippen LogP contribution is -2.46. The lowest BCUT2D eigenvalue weighted by Gasteiger charge is -2.38. The zero-order valence-electron chi connectivity index (χ0n) is 21.9. The zero-order chi connectivity index (χ0) is 30.4. The second-order valence-corrected chi connectivity index (χ2v) is 9.44. The minimum Gasteiger partial charge on any atom is -0.475 e. The molecule has 2 aliphatic heterocycles. The molecule has 226 valence electrons. The highest BCUT2D eigenvalue weighted by Gasteiger charge is 2.39. The molecule has 0 amide bonds. The van der Waals surface area contributed by atoms with Crippen molar-refractivity contribution in [2.75, 3.05) is 44.7 Å². The van der Waals surface area contributed by atoms with E-state index in [0.717, 1.165) is 44.9 Å². The Labute approximate surface area is 230 Å². The molecule has 5 heterocycles. The van der Waals surface area contributed by atoms with E-state index in [9.17, 15) is 26.3 Å². The molecular weight excluding hydrogens is 564 g/mol. The lowest BCUT2D eigenvalue weighted by atomic mass is 10.1. The van der Waals surface area contributed by atoms with Gasteiger partial charge >= 0.3 is 24.3 Å². The maximum absolute atomic E-state index is 10.6. The summed E-state index contributed by atoms with van der Waals surface area (Å²) < 4.78 is 71.0. The highest BCUT2D eigenvalue weighted by molar-refractivity contribution is 5.73. The second-order valence-electron chi connectivity index (χ2n) is 9.44. The molecule has 0 bridgehead atoms. The van der Waals surface area contributed by atoms with Crippen molar-refractivity contribution < 1.29 is 50.6 Å². The number of alkyl halides is 6. The molecule has 3 aromatic heterocycles. The van der Waals surface area contributed by atoms with Crippen LogP contribution in [0, 0.1) is 0 Å². The van der Waals surface area contributed by atoms with Crippen LogP contribution in [0.25, 0.3) is 5.65 Å². The minimum atomic E-state index is -5.08. The average Bonchev–Trinajstić information content (AvgIpc) is 3.66. The third-order valence-corrected chi connectivity index (χ3v) is 6.46. The fraction of sp³-hybridized carbons (Fsp3) is 0.480. The number of fused-ring (bicyclic) bond motifs is 1. The van der Waals surface area contributed by atoms with Gasteiger partial charge in [-0.2, -0.15) is 26.3 Å². The number of imidazole rings is 1. The van der Waals surface area contributed by atoms with Gasteiger partial charge in [0.1, 0.15) is 11.5 Å². The number of hydrogen-bond donors (Lipinski definition) is 2. The van der Waals surface area contributed by atoms with Gasteiger partial charge in [-0.3, -0.25) is 14.2 Å². The summed E-state index contributed by atoms with van der Waals surface area (Å²) in [5.41, 5.74) is 3.46. The summed E-state index contributed by atoms with van der Waals surface area (Å²) in [6, 6.07) is 8.85. The molecule has 16 heteroatoms. The molecule has 0 aliphatic carbocycles. The molecule has 1 atom stereocenters. The molecular formula is C25H29F6N5O5. The number of halogens is 6. The van der Waals surface area contributed by atoms with Gasteiger partial charge in [0.25, 0.3) is 0 Å². The van der Waals surface area contributed by atoms with Crippen LogP contribution in [0.3, 0.4) is 0 Å². The van der Waals surface area contributed by atoms with Gasteiger partial charge in [-0.1, -0.05) is 6.07 Å². The van der Waals surface area contributed by atoms with Gasteiger partial charge in [-0.05, 0) is 38.1 Å². The molecule has 1 unspecified atom stereocenters. The van der Waals surface area contributed by atoms with E-state index < -0.39 is 24.3 Å². The van der Waals surface area contributed by atoms with E-state index in [1.807, 2.05) is 6.26 Å². The Morgan fingerprint density at radius 2 is 1.59 bits per heavy atom. The highest BCUT2D eigenvalue weighted by Crippen LogP contribution is 2.28. The number of piperazine rings is 1. The number of aromatic nitrogens is 2. The largest absolute Gasteiger partial charge is 0.490 e. The molecule has 2 saturated heterocycles. The Morgan fingerprint density at radius 3 is 2.12 bits per heavy atom. The monoisotopic (exact) mass is 593 g/mol. The van der Waals surface area contributed by atoms with Crippen molar-refractivity contribution in [3.05, 3.63) is 54.2 Å². The van der Waals surface area contributed by atoms with E-state index in [-0.39, 0.29) is 0 Å². The standard InChI is InChI=1S/C21H27N5O.2C2HF3O2/c1-23-10-11-24(13-17-7-12-27-16-17)15-19(23)18-14-26-20(22-18)5-4-6-21(26)25-8-2-3-9-25;2*3-2(4,5)1(6)7/h4-7,12,14,16,19H,2-3,8-11,13,15H2,1H3;2*(H,6,7). The van der Waals surface area contributed by atoms with Crippen molar-refractivity contribution >= 4 is 23.4 Å². The van der Waals surface area contributed by atoms with Crippen LogP contribution in [0.2, 0.25) is 0 Å². The molecule has 0 aromatic carbocycles. The van der Waals surface area contributed by atoms with Crippen LogP contribution in [0.1, 0.15) is 30.1 Å². The van der Waals surface area contributed by atoms with Crippen LogP contribution in [0.4, 0.5) is 32.2 Å². The van der Waals surface area contributed by atoms with Crippen molar-refractivity contribution in [2.24, 2.45) is 0 Å². The molecule has 0 saturated carbocycles. The van der Waals surface area contributed by atoms with Gasteiger partial charge in [-0.15, -0.1) is 0 Å². The number of carbonyl (C=O) groups is 2. The van der Waals surface area contributed by atoms with Gasteiger partial charge < -0.3 is 19.5 Å². The fourth-order valence-corrected chi connectivity index (χ4v) is 4.41. The van der Waals surface area contributed by atoms with Gasteiger partial charge in [-0.25, -0.2) is 14.6 Å². The maximum Gasteiger partial charge on any atom is 0.490 e. The summed E-state index contributed by atoms with van der Waals surface area (Å²) >= 11 is 0. The first-order chi connectivity index (χ1) is 19.2. The van der Waals surface area contributed by atoms with Crippen molar-refractivity contribution in [3.8, 4) is 0 Å². The number of furan rings is 1. The number of nitrogens with zero attached hydrogens (tertiary/aromatic N) is 5. The predicted octanol–water partition coefficient (Wildman–Crippen LogP) is 4.28. The van der Waals surface area contributed by atoms with Crippen molar-refractivity contribution in [1.82, 2.24) is 19.2 Å². The molecule has 41 heavy (non-hydrogen) atoms. The Kier molecular flexibility index (Phi) is 10.3. The summed E-state index contributed by atoms with van der Waals surface area (Å²) in [4.78, 5) is 30.2. The van der Waals surface area contributed by atoms with Crippen molar-refractivity contribution in [1.29, 1.82) is 0 Å². The first-order valence-electron chi connectivity index (χ1n) is 12.4. The number of likely N-dealkylation sites (N-methyl/N-ethyl adjacent to an activating group) is 1. The molecule has 0 radical (unpaired) electrons. The number of aliphatic carboxylic acids is 2. The summed E-state index contributed by atoms with van der Waals surface area (Å²) in [5.74, 6) is -4.24. The van der Waals surface area contributed by atoms with E-state index in [4.69, 9.17) is 29.2 Å². The van der Waals surface area contributed by atoms with Crippen LogP contribution in [0.15, 0.2) is 47.4 Å². The minimum absolute atomic E-state index is 0.317. The average molecular weight is 594 g/mol. The highest BCUT2D eigenvalue weighted by atomic mass is 19.4. The first-order valence-corrected chi connectivity index (χ1v) is 12.4.